The summed E-state index contributed by atoms with van der Waals surface area (Å²) in [6.45, 7) is 5.37. The van der Waals surface area contributed by atoms with Gasteiger partial charge in [-0.1, -0.05) is 48.5 Å². The van der Waals surface area contributed by atoms with Gasteiger partial charge in [0.2, 0.25) is 11.7 Å². The van der Waals surface area contributed by atoms with Crippen LogP contribution in [0.5, 0.6) is 0 Å². The SMILES string of the molecule is CC[C@H]1CCCCN1C(=O)CSc1nnc2n(Cc3ccc(C)cc3)c(=O)c3c(cnn3C)n12. The number of nitrogens with zero attached hydrogens (tertiary/aromatic N) is 7. The maximum Gasteiger partial charge on any atom is 0.281 e. The van der Waals surface area contributed by atoms with Crippen molar-refractivity contribution in [3.63, 3.8) is 0 Å². The third kappa shape index (κ3) is 4.00. The fourth-order valence-electron chi connectivity index (χ4n) is 4.78. The van der Waals surface area contributed by atoms with E-state index in [1.54, 1.807) is 22.5 Å². The number of hydrogen-bond donors (Lipinski definition) is 0. The molecule has 1 amide bonds. The molecule has 9 nitrogen and oxygen atoms in total. The van der Waals surface area contributed by atoms with Gasteiger partial charge < -0.3 is 4.90 Å². The summed E-state index contributed by atoms with van der Waals surface area (Å²) in [6.07, 6.45) is 5.95. The average Bonchev–Trinajstić information content (AvgIpc) is 3.45. The molecule has 1 atom stereocenters. The van der Waals surface area contributed by atoms with Crippen molar-refractivity contribution in [3.8, 4) is 0 Å². The number of amides is 1. The van der Waals surface area contributed by atoms with Crippen molar-refractivity contribution >= 4 is 34.5 Å². The molecule has 0 spiro atoms. The molecule has 0 unspecified atom stereocenters. The Morgan fingerprint density at radius 2 is 1.97 bits per heavy atom. The largest absolute Gasteiger partial charge is 0.339 e. The number of aromatic nitrogens is 6. The lowest BCUT2D eigenvalue weighted by molar-refractivity contribution is -0.132. The average molecular weight is 480 g/mol. The monoisotopic (exact) mass is 479 g/mol. The number of carbonyl (C=O) groups excluding carboxylic acids is 1. The Bertz CT molecular complexity index is 1400. The molecule has 1 saturated heterocycles. The van der Waals surface area contributed by atoms with Gasteiger partial charge in [-0.2, -0.15) is 5.10 Å². The van der Waals surface area contributed by atoms with Crippen molar-refractivity contribution in [1.29, 1.82) is 0 Å². The third-order valence-electron chi connectivity index (χ3n) is 6.67. The van der Waals surface area contributed by atoms with Crippen LogP contribution in [0.3, 0.4) is 0 Å². The summed E-state index contributed by atoms with van der Waals surface area (Å²) in [7, 11) is 1.76. The third-order valence-corrected chi connectivity index (χ3v) is 7.58. The van der Waals surface area contributed by atoms with Crippen LogP contribution in [0.2, 0.25) is 0 Å². The second kappa shape index (κ2) is 9.25. The van der Waals surface area contributed by atoms with E-state index in [1.807, 2.05) is 40.5 Å². The normalized spacial score (nSPS) is 16.6. The minimum Gasteiger partial charge on any atom is -0.339 e. The molecule has 34 heavy (non-hydrogen) atoms. The Morgan fingerprint density at radius 1 is 1.18 bits per heavy atom. The molecule has 0 N–H and O–H groups in total. The molecule has 4 aromatic rings. The van der Waals surface area contributed by atoms with Gasteiger partial charge in [-0.25, -0.2) is 0 Å². The van der Waals surface area contributed by atoms with Gasteiger partial charge in [-0.3, -0.25) is 23.2 Å². The van der Waals surface area contributed by atoms with Gasteiger partial charge in [0.05, 0.1) is 18.5 Å². The molecule has 1 aliphatic heterocycles. The molecule has 1 aliphatic rings. The van der Waals surface area contributed by atoms with E-state index in [0.29, 0.717) is 34.6 Å². The molecule has 1 fully saturated rings. The summed E-state index contributed by atoms with van der Waals surface area (Å²) in [5.41, 5.74) is 3.12. The van der Waals surface area contributed by atoms with Crippen LogP contribution in [0.1, 0.15) is 43.7 Å². The van der Waals surface area contributed by atoms with Crippen LogP contribution in [-0.4, -0.2) is 58.1 Å². The minimum absolute atomic E-state index is 0.128. The lowest BCUT2D eigenvalue weighted by atomic mass is 10.0. The predicted octanol–water partition coefficient (Wildman–Crippen LogP) is 3.02. The highest BCUT2D eigenvalue weighted by atomic mass is 32.2. The molecule has 0 radical (unpaired) electrons. The topological polar surface area (TPSA) is 90.3 Å². The van der Waals surface area contributed by atoms with Crippen molar-refractivity contribution in [1.82, 2.24) is 33.8 Å². The van der Waals surface area contributed by atoms with Gasteiger partial charge in [0.25, 0.3) is 5.56 Å². The number of hydrogen-bond acceptors (Lipinski definition) is 6. The van der Waals surface area contributed by atoms with Crippen molar-refractivity contribution in [2.45, 2.75) is 57.3 Å². The number of likely N-dealkylation sites (tertiary alicyclic amines) is 1. The van der Waals surface area contributed by atoms with E-state index in [2.05, 4.69) is 22.2 Å². The summed E-state index contributed by atoms with van der Waals surface area (Å²) >= 11 is 1.36. The van der Waals surface area contributed by atoms with Crippen LogP contribution in [-0.2, 0) is 18.4 Å². The number of carbonyl (C=O) groups is 1. The number of aryl methyl sites for hydroxylation is 2. The van der Waals surface area contributed by atoms with Gasteiger partial charge in [-0.15, -0.1) is 10.2 Å². The van der Waals surface area contributed by atoms with Crippen molar-refractivity contribution < 1.29 is 4.79 Å². The summed E-state index contributed by atoms with van der Waals surface area (Å²) in [4.78, 5) is 28.5. The van der Waals surface area contributed by atoms with Gasteiger partial charge in [0, 0.05) is 19.6 Å². The fourth-order valence-corrected chi connectivity index (χ4v) is 5.60. The van der Waals surface area contributed by atoms with Crippen LogP contribution >= 0.6 is 11.8 Å². The minimum atomic E-state index is -0.165. The standard InChI is InChI=1S/C24H29N7O2S/c1-4-18-7-5-6-12-29(18)20(32)15-34-24-27-26-23-30(14-17-10-8-16(2)9-11-17)22(33)21-19(31(23)24)13-25-28(21)3/h8-11,13,18H,4-7,12,14-15H2,1-3H3/t18-/m0/s1. The summed E-state index contributed by atoms with van der Waals surface area (Å²) in [6, 6.07) is 8.40. The van der Waals surface area contributed by atoms with E-state index >= 15 is 0 Å². The van der Waals surface area contributed by atoms with E-state index in [9.17, 15) is 9.59 Å². The van der Waals surface area contributed by atoms with Crippen LogP contribution in [0.25, 0.3) is 16.8 Å². The first kappa shape index (κ1) is 22.6. The summed E-state index contributed by atoms with van der Waals surface area (Å²) in [5.74, 6) is 0.866. The fraction of sp³-hybridized carbons (Fsp3) is 0.458. The van der Waals surface area contributed by atoms with Crippen LogP contribution < -0.4 is 5.56 Å². The van der Waals surface area contributed by atoms with Crippen LogP contribution in [0, 0.1) is 6.92 Å². The number of rotatable bonds is 6. The molecule has 0 saturated carbocycles. The lowest BCUT2D eigenvalue weighted by Crippen LogP contribution is -2.44. The first-order valence-electron chi connectivity index (χ1n) is 11.8. The molecule has 4 heterocycles. The Morgan fingerprint density at radius 3 is 2.74 bits per heavy atom. The molecular formula is C24H29N7O2S. The van der Waals surface area contributed by atoms with E-state index in [0.717, 1.165) is 36.9 Å². The number of thioether (sulfide) groups is 1. The number of fused-ring (bicyclic) bond motifs is 3. The maximum atomic E-state index is 13.4. The van der Waals surface area contributed by atoms with Crippen LogP contribution in [0.4, 0.5) is 0 Å². The molecule has 3 aromatic heterocycles. The second-order valence-electron chi connectivity index (χ2n) is 8.93. The highest BCUT2D eigenvalue weighted by Gasteiger charge is 2.26. The quantitative estimate of drug-likeness (QED) is 0.395. The molecule has 178 valence electrons. The Kier molecular flexibility index (Phi) is 6.16. The second-order valence-corrected chi connectivity index (χ2v) is 9.87. The highest BCUT2D eigenvalue weighted by Crippen LogP contribution is 2.25. The predicted molar refractivity (Wildman–Crippen MR) is 132 cm³/mol. The lowest BCUT2D eigenvalue weighted by Gasteiger charge is -2.35. The van der Waals surface area contributed by atoms with E-state index in [4.69, 9.17) is 0 Å². The molecule has 0 bridgehead atoms. The first-order chi connectivity index (χ1) is 16.5. The van der Waals surface area contributed by atoms with Crippen molar-refractivity contribution in [2.24, 2.45) is 7.05 Å². The van der Waals surface area contributed by atoms with Gasteiger partial charge >= 0.3 is 0 Å². The zero-order valence-corrected chi connectivity index (χ0v) is 20.6. The zero-order chi connectivity index (χ0) is 23.8. The first-order valence-corrected chi connectivity index (χ1v) is 12.7. The van der Waals surface area contributed by atoms with Gasteiger partial charge in [0.1, 0.15) is 5.52 Å². The van der Waals surface area contributed by atoms with Crippen molar-refractivity contribution in [2.75, 3.05) is 12.3 Å². The summed E-state index contributed by atoms with van der Waals surface area (Å²) in [5, 5.41) is 13.7. The van der Waals surface area contributed by atoms with Gasteiger partial charge in [0.15, 0.2) is 10.7 Å². The molecule has 0 aliphatic carbocycles. The van der Waals surface area contributed by atoms with Crippen molar-refractivity contribution in [3.05, 3.63) is 51.9 Å². The summed E-state index contributed by atoms with van der Waals surface area (Å²) < 4.78 is 5.07. The zero-order valence-electron chi connectivity index (χ0n) is 19.8. The smallest absolute Gasteiger partial charge is 0.281 e. The molecule has 10 heteroatoms. The van der Waals surface area contributed by atoms with Crippen LogP contribution in [0.15, 0.2) is 40.4 Å². The molecular weight excluding hydrogens is 450 g/mol. The Hall–Kier alpha value is -3.14. The highest BCUT2D eigenvalue weighted by molar-refractivity contribution is 7.99. The number of piperidine rings is 1. The Balaban J connectivity index is 1.51. The van der Waals surface area contributed by atoms with E-state index in [-0.39, 0.29) is 17.2 Å². The molecule has 1 aromatic carbocycles. The van der Waals surface area contributed by atoms with E-state index < -0.39 is 0 Å². The molecule has 5 rings (SSSR count). The number of benzene rings is 1. The Labute approximate surface area is 201 Å². The maximum absolute atomic E-state index is 13.4. The van der Waals surface area contributed by atoms with E-state index in [1.165, 1.54) is 18.2 Å². The van der Waals surface area contributed by atoms with Gasteiger partial charge in [-0.05, 0) is 38.2 Å².